The highest BCUT2D eigenvalue weighted by atomic mass is 79.9. The summed E-state index contributed by atoms with van der Waals surface area (Å²) in [4.78, 5) is 1.41. The molecule has 120 valence electrons. The zero-order chi connectivity index (χ0) is 17.6. The molecule has 0 aliphatic heterocycles. The number of ether oxygens (including phenoxy) is 1. The summed E-state index contributed by atoms with van der Waals surface area (Å²) in [5.74, 6) is 0.533. The summed E-state index contributed by atoms with van der Waals surface area (Å²) in [6.07, 6.45) is 1.18. The predicted molar refractivity (Wildman–Crippen MR) is 91.5 cm³/mol. The van der Waals surface area contributed by atoms with Gasteiger partial charge in [0.2, 0.25) is 0 Å². The van der Waals surface area contributed by atoms with Crippen LogP contribution in [0.25, 0.3) is 0 Å². The van der Waals surface area contributed by atoms with E-state index in [1.165, 1.54) is 30.3 Å². The largest absolute Gasteiger partial charge is 0.489 e. The average Bonchev–Trinajstić information content (AvgIpc) is 2.46. The number of nitriles is 1. The van der Waals surface area contributed by atoms with Crippen LogP contribution in [0.1, 0.15) is 6.92 Å². The fraction of sp³-hybridized carbons (Fsp3) is 0.133. The van der Waals surface area contributed by atoms with E-state index in [1.54, 1.807) is 11.1 Å². The third-order valence-electron chi connectivity index (χ3n) is 1.70. The SMILES string of the molecule is C=C(C)COc1ccc(S(=O)(=O)O)cc1.C=CBr.C=CC#N. The van der Waals surface area contributed by atoms with Crippen molar-refractivity contribution in [2.45, 2.75) is 11.8 Å². The lowest BCUT2D eigenvalue weighted by atomic mass is 10.3. The van der Waals surface area contributed by atoms with Crippen LogP contribution < -0.4 is 4.74 Å². The third-order valence-corrected chi connectivity index (χ3v) is 2.57. The van der Waals surface area contributed by atoms with Gasteiger partial charge in [-0.3, -0.25) is 4.55 Å². The first-order valence-corrected chi connectivity index (χ1v) is 8.14. The van der Waals surface area contributed by atoms with Gasteiger partial charge >= 0.3 is 0 Å². The molecule has 0 bridgehead atoms. The zero-order valence-electron chi connectivity index (χ0n) is 12.2. The van der Waals surface area contributed by atoms with E-state index < -0.39 is 10.1 Å². The van der Waals surface area contributed by atoms with Crippen molar-refractivity contribution in [3.8, 4) is 11.8 Å². The molecule has 1 aromatic rings. The Bertz CT molecular complexity index is 616. The second-order valence-corrected chi connectivity index (χ2v) is 5.75. The Morgan fingerprint density at radius 2 is 1.82 bits per heavy atom. The van der Waals surface area contributed by atoms with Crippen LogP contribution in [0, 0.1) is 11.3 Å². The summed E-state index contributed by atoms with van der Waals surface area (Å²) in [5.41, 5.74) is 0.869. The minimum atomic E-state index is -4.12. The van der Waals surface area contributed by atoms with Gasteiger partial charge in [0.1, 0.15) is 12.4 Å². The van der Waals surface area contributed by atoms with E-state index >= 15 is 0 Å². The fourth-order valence-corrected chi connectivity index (χ4v) is 1.39. The molecule has 0 aliphatic rings. The lowest BCUT2D eigenvalue weighted by molar-refractivity contribution is 0.352. The van der Waals surface area contributed by atoms with Gasteiger partial charge in [0, 0.05) is 6.08 Å². The quantitative estimate of drug-likeness (QED) is 0.477. The summed E-state index contributed by atoms with van der Waals surface area (Å²) in [6, 6.07) is 7.21. The predicted octanol–water partition coefficient (Wildman–Crippen LogP) is 4.11. The van der Waals surface area contributed by atoms with Crippen molar-refractivity contribution < 1.29 is 17.7 Å². The maximum absolute atomic E-state index is 10.7. The van der Waals surface area contributed by atoms with Gasteiger partial charge in [0.15, 0.2) is 0 Å². The number of allylic oxidation sites excluding steroid dienone is 1. The Morgan fingerprint density at radius 1 is 1.41 bits per heavy atom. The monoisotopic (exact) mass is 387 g/mol. The van der Waals surface area contributed by atoms with Crippen LogP contribution in [-0.2, 0) is 10.1 Å². The van der Waals surface area contributed by atoms with Crippen LogP contribution in [0.4, 0.5) is 0 Å². The van der Waals surface area contributed by atoms with Crippen LogP contribution in [-0.4, -0.2) is 19.6 Å². The topological polar surface area (TPSA) is 87.4 Å². The normalized spacial score (nSPS) is 8.82. The Morgan fingerprint density at radius 3 is 2.09 bits per heavy atom. The second kappa shape index (κ2) is 12.8. The molecule has 0 aliphatic carbocycles. The minimum absolute atomic E-state index is 0.148. The van der Waals surface area contributed by atoms with Crippen molar-refractivity contribution >= 4 is 26.0 Å². The van der Waals surface area contributed by atoms with E-state index in [4.69, 9.17) is 14.6 Å². The number of hydrogen-bond acceptors (Lipinski definition) is 4. The number of halogens is 1. The highest BCUT2D eigenvalue weighted by molar-refractivity contribution is 9.11. The number of benzene rings is 1. The van der Waals surface area contributed by atoms with Gasteiger partial charge < -0.3 is 4.74 Å². The van der Waals surface area contributed by atoms with Crippen molar-refractivity contribution in [1.29, 1.82) is 5.26 Å². The fourth-order valence-electron chi connectivity index (χ4n) is 0.914. The summed E-state index contributed by atoms with van der Waals surface area (Å²) < 4.78 is 35.4. The van der Waals surface area contributed by atoms with E-state index in [-0.39, 0.29) is 4.90 Å². The molecule has 0 saturated carbocycles. The van der Waals surface area contributed by atoms with Crippen molar-refractivity contribution in [3.63, 3.8) is 0 Å². The van der Waals surface area contributed by atoms with E-state index in [0.717, 1.165) is 5.57 Å². The van der Waals surface area contributed by atoms with Crippen molar-refractivity contribution in [2.24, 2.45) is 0 Å². The Kier molecular flexibility index (Phi) is 13.1. The first-order valence-electron chi connectivity index (χ1n) is 5.79. The van der Waals surface area contributed by atoms with E-state index in [2.05, 4.69) is 35.7 Å². The number of nitrogens with zero attached hydrogens (tertiary/aromatic N) is 1. The molecule has 1 N–H and O–H groups in total. The van der Waals surface area contributed by atoms with E-state index in [9.17, 15) is 8.42 Å². The van der Waals surface area contributed by atoms with Crippen LogP contribution in [0.15, 0.2) is 65.5 Å². The van der Waals surface area contributed by atoms with Crippen LogP contribution in [0.2, 0.25) is 0 Å². The minimum Gasteiger partial charge on any atom is -0.489 e. The highest BCUT2D eigenvalue weighted by Crippen LogP contribution is 2.15. The standard InChI is InChI=1S/C10H12O4S.C3H3N.C2H3Br/c1-8(2)7-14-9-3-5-10(6-4-9)15(11,12)13;1-2-3-4;1-2-3/h3-6H,1,7H2,2H3,(H,11,12,13);2H,1H2;2H,1H2. The Labute approximate surface area is 140 Å². The molecule has 0 spiro atoms. The lowest BCUT2D eigenvalue weighted by Crippen LogP contribution is -2.00. The van der Waals surface area contributed by atoms with Gasteiger partial charge in [0.25, 0.3) is 10.1 Å². The Balaban J connectivity index is 0. The smallest absolute Gasteiger partial charge is 0.294 e. The molecule has 0 fully saturated rings. The molecule has 0 saturated heterocycles. The molecule has 0 aromatic heterocycles. The summed E-state index contributed by atoms with van der Waals surface area (Å²) in [6.45, 7) is 12.3. The zero-order valence-corrected chi connectivity index (χ0v) is 14.6. The maximum Gasteiger partial charge on any atom is 0.294 e. The van der Waals surface area contributed by atoms with E-state index in [0.29, 0.717) is 12.4 Å². The molecule has 0 amide bonds. The number of rotatable bonds is 4. The maximum atomic E-state index is 10.7. The van der Waals surface area contributed by atoms with E-state index in [1.807, 2.05) is 6.92 Å². The first-order chi connectivity index (χ1) is 10.2. The molecule has 22 heavy (non-hydrogen) atoms. The molecule has 1 aromatic carbocycles. The van der Waals surface area contributed by atoms with Gasteiger partial charge in [-0.1, -0.05) is 35.7 Å². The molecule has 0 unspecified atom stereocenters. The van der Waals surface area contributed by atoms with Gasteiger partial charge in [-0.15, -0.1) is 0 Å². The van der Waals surface area contributed by atoms with Crippen LogP contribution >= 0.6 is 15.9 Å². The molecule has 0 atom stereocenters. The summed E-state index contributed by atoms with van der Waals surface area (Å²) in [7, 11) is -4.12. The van der Waals surface area contributed by atoms with Crippen molar-refractivity contribution in [3.05, 3.63) is 60.6 Å². The van der Waals surface area contributed by atoms with Crippen molar-refractivity contribution in [2.75, 3.05) is 6.61 Å². The molecule has 0 radical (unpaired) electrons. The molecule has 1 rings (SSSR count). The highest BCUT2D eigenvalue weighted by Gasteiger charge is 2.08. The molecular weight excluding hydrogens is 370 g/mol. The number of hydrogen-bond donors (Lipinski definition) is 1. The van der Waals surface area contributed by atoms with Gasteiger partial charge in [-0.25, -0.2) is 0 Å². The van der Waals surface area contributed by atoms with Crippen molar-refractivity contribution in [1.82, 2.24) is 0 Å². The lowest BCUT2D eigenvalue weighted by Gasteiger charge is -2.05. The van der Waals surface area contributed by atoms with Gasteiger partial charge in [0.05, 0.1) is 11.0 Å². The summed E-state index contributed by atoms with van der Waals surface area (Å²) in [5, 5.41) is 7.51. The third kappa shape index (κ3) is 13.1. The van der Waals surface area contributed by atoms with Gasteiger partial charge in [-0.05, 0) is 41.7 Å². The van der Waals surface area contributed by atoms with Crippen LogP contribution in [0.5, 0.6) is 5.75 Å². The molecule has 0 heterocycles. The second-order valence-electron chi connectivity index (χ2n) is 3.68. The first kappa shape index (κ1) is 22.4. The molecule has 7 heteroatoms. The summed E-state index contributed by atoms with van der Waals surface area (Å²) >= 11 is 2.91. The molecular formula is C15H18BrNO4S. The van der Waals surface area contributed by atoms with Crippen LogP contribution in [0.3, 0.4) is 0 Å². The Hall–Kier alpha value is -1.88. The van der Waals surface area contributed by atoms with Gasteiger partial charge in [-0.2, -0.15) is 13.7 Å². The average molecular weight is 388 g/mol. The molecule has 5 nitrogen and oxygen atoms in total.